The van der Waals surface area contributed by atoms with Crippen LogP contribution >= 0.6 is 0 Å². The van der Waals surface area contributed by atoms with Crippen LogP contribution in [0.15, 0.2) is 30.7 Å². The van der Waals surface area contributed by atoms with Gasteiger partial charge in [-0.1, -0.05) is 13.8 Å². The zero-order chi connectivity index (χ0) is 20.1. The summed E-state index contributed by atoms with van der Waals surface area (Å²) in [7, 11) is 1.88. The molecule has 3 rings (SSSR count). The molecular formula is C21H29N5O2. The third-order valence-electron chi connectivity index (χ3n) is 5.02. The monoisotopic (exact) mass is 383 g/mol. The van der Waals surface area contributed by atoms with Crippen LogP contribution in [0.25, 0.3) is 0 Å². The first-order valence-electron chi connectivity index (χ1n) is 9.92. The average Bonchev–Trinajstić information content (AvgIpc) is 3.11. The number of hydrogen-bond donors (Lipinski definition) is 1. The quantitative estimate of drug-likeness (QED) is 0.795. The SMILES string of the molecule is CC(C)CC(=O)[C@H]1CCCN(C(=O)c2ccc(NCc3cnn(C)c3)nc2)C1. The Morgan fingerprint density at radius 3 is 2.75 bits per heavy atom. The molecule has 0 aliphatic carbocycles. The fraction of sp³-hybridized carbons (Fsp3) is 0.524. The molecule has 1 aliphatic rings. The summed E-state index contributed by atoms with van der Waals surface area (Å²) >= 11 is 0. The van der Waals surface area contributed by atoms with Crippen molar-refractivity contribution in [3.8, 4) is 0 Å². The molecule has 1 amide bonds. The predicted octanol–water partition coefficient (Wildman–Crippen LogP) is 2.89. The lowest BCUT2D eigenvalue weighted by molar-refractivity contribution is -0.124. The van der Waals surface area contributed by atoms with Crippen molar-refractivity contribution in [1.29, 1.82) is 0 Å². The van der Waals surface area contributed by atoms with Gasteiger partial charge in [-0.15, -0.1) is 0 Å². The fourth-order valence-electron chi connectivity index (χ4n) is 3.56. The molecule has 7 heteroatoms. The van der Waals surface area contributed by atoms with Crippen LogP contribution in [-0.2, 0) is 18.4 Å². The molecule has 7 nitrogen and oxygen atoms in total. The minimum absolute atomic E-state index is 0.0338. The van der Waals surface area contributed by atoms with Gasteiger partial charge >= 0.3 is 0 Å². The summed E-state index contributed by atoms with van der Waals surface area (Å²) in [5.41, 5.74) is 1.62. The number of Topliss-reactive ketones (excluding diaryl/α,β-unsaturated/α-hetero) is 1. The molecule has 0 radical (unpaired) electrons. The normalized spacial score (nSPS) is 17.0. The minimum Gasteiger partial charge on any atom is -0.366 e. The van der Waals surface area contributed by atoms with Crippen LogP contribution in [0.2, 0.25) is 0 Å². The van der Waals surface area contributed by atoms with Gasteiger partial charge in [-0.25, -0.2) is 4.98 Å². The van der Waals surface area contributed by atoms with Crippen LogP contribution in [0.5, 0.6) is 0 Å². The van der Waals surface area contributed by atoms with E-state index < -0.39 is 0 Å². The standard InChI is InChI=1S/C21H29N5O2/c1-15(2)9-19(27)18-5-4-8-26(14-18)21(28)17-6-7-20(23-12-17)22-10-16-11-24-25(3)13-16/h6-7,11-13,15,18H,4-5,8-10,14H2,1-3H3,(H,22,23)/t18-/m0/s1. The van der Waals surface area contributed by atoms with E-state index in [2.05, 4.69) is 29.2 Å². The maximum Gasteiger partial charge on any atom is 0.255 e. The van der Waals surface area contributed by atoms with Gasteiger partial charge in [0.1, 0.15) is 11.6 Å². The lowest BCUT2D eigenvalue weighted by atomic mass is 9.89. The van der Waals surface area contributed by atoms with Crippen molar-refractivity contribution in [3.05, 3.63) is 41.9 Å². The zero-order valence-electron chi connectivity index (χ0n) is 16.9. The molecule has 1 aliphatic heterocycles. The van der Waals surface area contributed by atoms with E-state index in [0.29, 0.717) is 43.4 Å². The number of piperidine rings is 1. The molecule has 0 bridgehead atoms. The Morgan fingerprint density at radius 2 is 2.11 bits per heavy atom. The van der Waals surface area contributed by atoms with Crippen LogP contribution in [0.3, 0.4) is 0 Å². The van der Waals surface area contributed by atoms with Crippen molar-refractivity contribution in [1.82, 2.24) is 19.7 Å². The van der Waals surface area contributed by atoms with Crippen molar-refractivity contribution < 1.29 is 9.59 Å². The minimum atomic E-state index is -0.0478. The number of amides is 1. The number of carbonyl (C=O) groups excluding carboxylic acids is 2. The Balaban J connectivity index is 1.56. The van der Waals surface area contributed by atoms with Gasteiger partial charge in [0.2, 0.25) is 0 Å². The number of hydrogen-bond acceptors (Lipinski definition) is 5. The Morgan fingerprint density at radius 1 is 1.29 bits per heavy atom. The number of pyridine rings is 1. The molecule has 1 fully saturated rings. The summed E-state index contributed by atoms with van der Waals surface area (Å²) in [6.45, 7) is 5.95. The second-order valence-electron chi connectivity index (χ2n) is 7.96. The highest BCUT2D eigenvalue weighted by atomic mass is 16.2. The number of nitrogens with zero attached hydrogens (tertiary/aromatic N) is 4. The van der Waals surface area contributed by atoms with E-state index in [1.165, 1.54) is 0 Å². The number of anilines is 1. The smallest absolute Gasteiger partial charge is 0.255 e. The molecule has 2 aromatic heterocycles. The molecule has 28 heavy (non-hydrogen) atoms. The number of ketones is 1. The maximum absolute atomic E-state index is 12.8. The largest absolute Gasteiger partial charge is 0.366 e. The maximum atomic E-state index is 12.8. The Labute approximate surface area is 166 Å². The van der Waals surface area contributed by atoms with Gasteiger partial charge in [0, 0.05) is 57.0 Å². The molecule has 1 saturated heterocycles. The highest BCUT2D eigenvalue weighted by molar-refractivity contribution is 5.94. The molecule has 0 saturated carbocycles. The highest BCUT2D eigenvalue weighted by Gasteiger charge is 2.29. The van der Waals surface area contributed by atoms with Gasteiger partial charge in [-0.2, -0.15) is 5.10 Å². The Kier molecular flexibility index (Phi) is 6.44. The van der Waals surface area contributed by atoms with Crippen molar-refractivity contribution in [2.24, 2.45) is 18.9 Å². The molecule has 1 atom stereocenters. The molecule has 1 N–H and O–H groups in total. The summed E-state index contributed by atoms with van der Waals surface area (Å²) in [5.74, 6) is 1.26. The summed E-state index contributed by atoms with van der Waals surface area (Å²) < 4.78 is 1.75. The lowest BCUT2D eigenvalue weighted by Crippen LogP contribution is -2.42. The Hall–Kier alpha value is -2.70. The first kappa shape index (κ1) is 20.0. The van der Waals surface area contributed by atoms with Gasteiger partial charge in [0.25, 0.3) is 5.91 Å². The number of likely N-dealkylation sites (tertiary alicyclic amines) is 1. The number of rotatable bonds is 7. The summed E-state index contributed by atoms with van der Waals surface area (Å²) in [6.07, 6.45) is 7.69. The second-order valence-corrected chi connectivity index (χ2v) is 7.96. The summed E-state index contributed by atoms with van der Waals surface area (Å²) in [4.78, 5) is 31.4. The topological polar surface area (TPSA) is 80.1 Å². The van der Waals surface area contributed by atoms with Gasteiger partial charge in [0.15, 0.2) is 0 Å². The zero-order valence-corrected chi connectivity index (χ0v) is 16.9. The highest BCUT2D eigenvalue weighted by Crippen LogP contribution is 2.22. The molecule has 3 heterocycles. The number of aromatic nitrogens is 3. The van der Waals surface area contributed by atoms with E-state index in [9.17, 15) is 9.59 Å². The van der Waals surface area contributed by atoms with E-state index in [0.717, 1.165) is 18.4 Å². The fourth-order valence-corrected chi connectivity index (χ4v) is 3.56. The van der Waals surface area contributed by atoms with E-state index in [1.807, 2.05) is 19.3 Å². The number of carbonyl (C=O) groups is 2. The molecule has 0 unspecified atom stereocenters. The third kappa shape index (κ3) is 5.18. The number of aryl methyl sites for hydroxylation is 1. The molecule has 0 aromatic carbocycles. The van der Waals surface area contributed by atoms with Crippen molar-refractivity contribution in [2.45, 2.75) is 39.7 Å². The summed E-state index contributed by atoms with van der Waals surface area (Å²) in [5, 5.41) is 7.36. The van der Waals surface area contributed by atoms with Crippen LogP contribution in [0.4, 0.5) is 5.82 Å². The molecule has 0 spiro atoms. The molecule has 2 aromatic rings. The first-order chi connectivity index (χ1) is 13.4. The van der Waals surface area contributed by atoms with E-state index in [4.69, 9.17) is 0 Å². The van der Waals surface area contributed by atoms with Gasteiger partial charge in [-0.3, -0.25) is 14.3 Å². The van der Waals surface area contributed by atoms with E-state index in [1.54, 1.807) is 28.0 Å². The predicted molar refractivity (Wildman–Crippen MR) is 108 cm³/mol. The van der Waals surface area contributed by atoms with Crippen molar-refractivity contribution in [3.63, 3.8) is 0 Å². The van der Waals surface area contributed by atoms with Gasteiger partial charge in [-0.05, 0) is 30.9 Å². The Bertz CT molecular complexity index is 812. The first-order valence-corrected chi connectivity index (χ1v) is 9.92. The second kappa shape index (κ2) is 8.99. The van der Waals surface area contributed by atoms with Crippen LogP contribution < -0.4 is 5.32 Å². The van der Waals surface area contributed by atoms with Gasteiger partial charge < -0.3 is 10.2 Å². The molecular weight excluding hydrogens is 354 g/mol. The summed E-state index contributed by atoms with van der Waals surface area (Å²) in [6, 6.07) is 3.61. The van der Waals surface area contributed by atoms with Crippen LogP contribution in [0, 0.1) is 11.8 Å². The van der Waals surface area contributed by atoms with Gasteiger partial charge in [0.05, 0.1) is 11.8 Å². The van der Waals surface area contributed by atoms with E-state index >= 15 is 0 Å². The number of nitrogens with one attached hydrogen (secondary N) is 1. The lowest BCUT2D eigenvalue weighted by Gasteiger charge is -2.32. The molecule has 150 valence electrons. The average molecular weight is 383 g/mol. The third-order valence-corrected chi connectivity index (χ3v) is 5.02. The van der Waals surface area contributed by atoms with E-state index in [-0.39, 0.29) is 17.6 Å². The van der Waals surface area contributed by atoms with Crippen LogP contribution in [-0.4, -0.2) is 44.4 Å². The van der Waals surface area contributed by atoms with Crippen molar-refractivity contribution in [2.75, 3.05) is 18.4 Å². The van der Waals surface area contributed by atoms with Crippen molar-refractivity contribution >= 4 is 17.5 Å². The van der Waals surface area contributed by atoms with Crippen LogP contribution in [0.1, 0.15) is 49.0 Å².